The highest BCUT2D eigenvalue weighted by molar-refractivity contribution is 9.10. The monoisotopic (exact) mass is 357 g/mol. The standard InChI is InChI=1S/C14H7BrF3NS/c15-10-2-5-11(6-3-10)20-12-4-1-9(8-19)13(7-12)14(16,17)18/h1-7H. The maximum Gasteiger partial charge on any atom is 0.417 e. The SMILES string of the molecule is N#Cc1ccc(Sc2ccc(Br)cc2)cc1C(F)(F)F. The van der Waals surface area contributed by atoms with Crippen LogP contribution in [0.15, 0.2) is 56.7 Å². The molecule has 0 N–H and O–H groups in total. The van der Waals surface area contributed by atoms with Crippen molar-refractivity contribution < 1.29 is 13.2 Å². The van der Waals surface area contributed by atoms with Gasteiger partial charge in [0.05, 0.1) is 17.2 Å². The van der Waals surface area contributed by atoms with Gasteiger partial charge in [0.15, 0.2) is 0 Å². The van der Waals surface area contributed by atoms with Gasteiger partial charge in [-0.2, -0.15) is 18.4 Å². The first kappa shape index (κ1) is 14.9. The summed E-state index contributed by atoms with van der Waals surface area (Å²) < 4.78 is 39.4. The third-order valence-corrected chi connectivity index (χ3v) is 3.99. The Morgan fingerprint density at radius 3 is 2.15 bits per heavy atom. The predicted octanol–water partition coefficient (Wildman–Crippen LogP) is 5.49. The summed E-state index contributed by atoms with van der Waals surface area (Å²) in [5, 5.41) is 8.73. The van der Waals surface area contributed by atoms with E-state index in [1.165, 1.54) is 23.9 Å². The molecule has 0 amide bonds. The normalized spacial score (nSPS) is 11.2. The summed E-state index contributed by atoms with van der Waals surface area (Å²) in [6.07, 6.45) is -4.53. The van der Waals surface area contributed by atoms with Crippen molar-refractivity contribution in [1.82, 2.24) is 0 Å². The molecule has 0 spiro atoms. The summed E-state index contributed by atoms with van der Waals surface area (Å²) >= 11 is 4.51. The van der Waals surface area contributed by atoms with E-state index in [0.29, 0.717) is 4.90 Å². The second-order valence-corrected chi connectivity index (χ2v) is 5.94. The van der Waals surface area contributed by atoms with Gasteiger partial charge in [-0.15, -0.1) is 0 Å². The van der Waals surface area contributed by atoms with Crippen molar-refractivity contribution in [2.24, 2.45) is 0 Å². The van der Waals surface area contributed by atoms with Crippen molar-refractivity contribution in [2.75, 3.05) is 0 Å². The molecular weight excluding hydrogens is 351 g/mol. The maximum absolute atomic E-state index is 12.8. The van der Waals surface area contributed by atoms with Crippen molar-refractivity contribution in [3.63, 3.8) is 0 Å². The van der Waals surface area contributed by atoms with Gasteiger partial charge in [0.2, 0.25) is 0 Å². The maximum atomic E-state index is 12.8. The van der Waals surface area contributed by atoms with E-state index in [1.807, 2.05) is 12.1 Å². The Morgan fingerprint density at radius 2 is 1.60 bits per heavy atom. The fourth-order valence-electron chi connectivity index (χ4n) is 1.56. The van der Waals surface area contributed by atoms with E-state index in [4.69, 9.17) is 5.26 Å². The molecule has 0 unspecified atom stereocenters. The van der Waals surface area contributed by atoms with E-state index in [0.717, 1.165) is 15.4 Å². The van der Waals surface area contributed by atoms with Crippen LogP contribution in [-0.4, -0.2) is 0 Å². The molecule has 0 aliphatic carbocycles. The first-order valence-electron chi connectivity index (χ1n) is 5.45. The Morgan fingerprint density at radius 1 is 1.00 bits per heavy atom. The molecule has 0 saturated carbocycles. The summed E-state index contributed by atoms with van der Waals surface area (Å²) in [4.78, 5) is 1.27. The Labute approximate surface area is 126 Å². The van der Waals surface area contributed by atoms with Gasteiger partial charge in [0.25, 0.3) is 0 Å². The van der Waals surface area contributed by atoms with E-state index < -0.39 is 11.7 Å². The zero-order valence-corrected chi connectivity index (χ0v) is 12.3. The van der Waals surface area contributed by atoms with Crippen molar-refractivity contribution in [3.05, 3.63) is 58.1 Å². The van der Waals surface area contributed by atoms with E-state index >= 15 is 0 Å². The van der Waals surface area contributed by atoms with Crippen LogP contribution in [0.25, 0.3) is 0 Å². The minimum atomic E-state index is -4.53. The molecule has 2 aromatic carbocycles. The molecule has 2 rings (SSSR count). The number of halogens is 4. The third-order valence-electron chi connectivity index (χ3n) is 2.47. The Balaban J connectivity index is 2.34. The summed E-state index contributed by atoms with van der Waals surface area (Å²) in [5.74, 6) is 0. The van der Waals surface area contributed by atoms with Crippen LogP contribution < -0.4 is 0 Å². The highest BCUT2D eigenvalue weighted by Gasteiger charge is 2.33. The van der Waals surface area contributed by atoms with Gasteiger partial charge in [-0.1, -0.05) is 27.7 Å². The van der Waals surface area contributed by atoms with Crippen LogP contribution in [0.3, 0.4) is 0 Å². The molecule has 0 radical (unpaired) electrons. The number of benzene rings is 2. The molecule has 6 heteroatoms. The van der Waals surface area contributed by atoms with Crippen LogP contribution in [0.4, 0.5) is 13.2 Å². The van der Waals surface area contributed by atoms with Crippen molar-refractivity contribution in [3.8, 4) is 6.07 Å². The van der Waals surface area contributed by atoms with E-state index in [2.05, 4.69) is 15.9 Å². The van der Waals surface area contributed by atoms with Crippen LogP contribution in [0.2, 0.25) is 0 Å². The van der Waals surface area contributed by atoms with Crippen molar-refractivity contribution in [1.29, 1.82) is 5.26 Å². The second kappa shape index (κ2) is 5.90. The lowest BCUT2D eigenvalue weighted by Gasteiger charge is -2.10. The molecule has 0 atom stereocenters. The molecule has 0 fully saturated rings. The lowest BCUT2D eigenvalue weighted by atomic mass is 10.1. The van der Waals surface area contributed by atoms with Gasteiger partial charge in [-0.25, -0.2) is 0 Å². The fraction of sp³-hybridized carbons (Fsp3) is 0.0714. The topological polar surface area (TPSA) is 23.8 Å². The molecule has 0 heterocycles. The Hall–Kier alpha value is -1.45. The summed E-state index contributed by atoms with van der Waals surface area (Å²) in [5.41, 5.74) is -1.26. The molecule has 2 aromatic rings. The first-order chi connectivity index (χ1) is 9.40. The van der Waals surface area contributed by atoms with Gasteiger partial charge in [0, 0.05) is 14.3 Å². The number of hydrogen-bond acceptors (Lipinski definition) is 2. The average Bonchev–Trinajstić information content (AvgIpc) is 2.40. The van der Waals surface area contributed by atoms with Crippen LogP contribution in [0.5, 0.6) is 0 Å². The van der Waals surface area contributed by atoms with Crippen LogP contribution >= 0.6 is 27.7 Å². The number of nitriles is 1. The molecule has 0 bridgehead atoms. The quantitative estimate of drug-likeness (QED) is 0.709. The summed E-state index contributed by atoms with van der Waals surface area (Å²) in [6.45, 7) is 0. The predicted molar refractivity (Wildman–Crippen MR) is 74.4 cm³/mol. The van der Waals surface area contributed by atoms with Gasteiger partial charge in [-0.05, 0) is 42.5 Å². The van der Waals surface area contributed by atoms with Crippen molar-refractivity contribution in [2.45, 2.75) is 16.0 Å². The van der Waals surface area contributed by atoms with Gasteiger partial charge in [-0.3, -0.25) is 0 Å². The highest BCUT2D eigenvalue weighted by Crippen LogP contribution is 2.36. The average molecular weight is 358 g/mol. The minimum Gasteiger partial charge on any atom is -0.192 e. The molecular formula is C14H7BrF3NS. The molecule has 0 aromatic heterocycles. The molecule has 0 aliphatic heterocycles. The summed E-state index contributed by atoms with van der Waals surface area (Å²) in [7, 11) is 0. The molecule has 20 heavy (non-hydrogen) atoms. The lowest BCUT2D eigenvalue weighted by Crippen LogP contribution is -2.07. The number of nitrogens with zero attached hydrogens (tertiary/aromatic N) is 1. The number of hydrogen-bond donors (Lipinski definition) is 0. The van der Waals surface area contributed by atoms with E-state index in [1.54, 1.807) is 18.2 Å². The van der Waals surface area contributed by atoms with Crippen molar-refractivity contribution >= 4 is 27.7 Å². The Bertz CT molecular complexity index is 660. The van der Waals surface area contributed by atoms with E-state index in [-0.39, 0.29) is 5.56 Å². The fourth-order valence-corrected chi connectivity index (χ4v) is 2.68. The van der Waals surface area contributed by atoms with E-state index in [9.17, 15) is 13.2 Å². The molecule has 1 nitrogen and oxygen atoms in total. The van der Waals surface area contributed by atoms with Gasteiger partial charge in [0.1, 0.15) is 0 Å². The molecule has 0 saturated heterocycles. The molecule has 102 valence electrons. The van der Waals surface area contributed by atoms with Gasteiger partial charge >= 0.3 is 6.18 Å². The zero-order valence-electron chi connectivity index (χ0n) is 9.91. The highest BCUT2D eigenvalue weighted by atomic mass is 79.9. The summed E-state index contributed by atoms with van der Waals surface area (Å²) in [6, 6.07) is 12.5. The van der Waals surface area contributed by atoms with Crippen LogP contribution in [0.1, 0.15) is 11.1 Å². The van der Waals surface area contributed by atoms with Crippen LogP contribution in [-0.2, 0) is 6.18 Å². The lowest BCUT2D eigenvalue weighted by molar-refractivity contribution is -0.137. The second-order valence-electron chi connectivity index (χ2n) is 3.87. The third kappa shape index (κ3) is 3.56. The number of alkyl halides is 3. The number of rotatable bonds is 2. The van der Waals surface area contributed by atoms with Crippen LogP contribution in [0, 0.1) is 11.3 Å². The zero-order chi connectivity index (χ0) is 14.8. The first-order valence-corrected chi connectivity index (χ1v) is 7.06. The Kier molecular flexibility index (Phi) is 4.41. The molecule has 0 aliphatic rings. The minimum absolute atomic E-state index is 0.363. The smallest absolute Gasteiger partial charge is 0.192 e. The van der Waals surface area contributed by atoms with Gasteiger partial charge < -0.3 is 0 Å². The largest absolute Gasteiger partial charge is 0.417 e.